The Morgan fingerprint density at radius 3 is 1.92 bits per heavy atom. The van der Waals surface area contributed by atoms with Crippen molar-refractivity contribution in [3.63, 3.8) is 0 Å². The molecule has 0 bridgehead atoms. The first kappa shape index (κ1) is 32.0. The molecule has 274 valence electrons. The van der Waals surface area contributed by atoms with Crippen LogP contribution in [-0.4, -0.2) is 19.5 Å². The molecule has 13 rings (SSSR count). The highest BCUT2D eigenvalue weighted by Crippen LogP contribution is 2.40. The van der Waals surface area contributed by atoms with Gasteiger partial charge in [-0.25, -0.2) is 15.0 Å². The van der Waals surface area contributed by atoms with Crippen molar-refractivity contribution in [1.82, 2.24) is 19.5 Å². The van der Waals surface area contributed by atoms with Crippen LogP contribution in [0, 0.1) is 0 Å². The van der Waals surface area contributed by atoms with Crippen molar-refractivity contribution in [1.29, 1.82) is 0 Å². The van der Waals surface area contributed by atoms with Crippen molar-refractivity contribution >= 4 is 87.2 Å². The van der Waals surface area contributed by atoms with Crippen LogP contribution in [0.15, 0.2) is 191 Å². The summed E-state index contributed by atoms with van der Waals surface area (Å²) in [6.07, 6.45) is 0. The Bertz CT molecular complexity index is 3870. The minimum atomic E-state index is 0.545. The SMILES string of the molecule is c1ccc2cc(-c3nc(-c4ccc5oc6cc(-n7c8ccccc8c8c9ccccc9ccc87)ccc6c5c4)nc(-c4cccc5c4oc4ccccc45)n3)ccc2c1. The van der Waals surface area contributed by atoms with Crippen LogP contribution in [-0.2, 0) is 0 Å². The highest BCUT2D eigenvalue weighted by Gasteiger charge is 2.20. The second-order valence-corrected chi connectivity index (χ2v) is 15.2. The maximum absolute atomic E-state index is 6.60. The molecule has 0 fully saturated rings. The molecule has 0 aliphatic heterocycles. The molecule has 0 aliphatic rings. The summed E-state index contributed by atoms with van der Waals surface area (Å²) in [5.41, 5.74) is 9.12. The molecular formula is C53H30N4O2. The minimum Gasteiger partial charge on any atom is -0.456 e. The fraction of sp³-hybridized carbons (Fsp3) is 0. The van der Waals surface area contributed by atoms with Gasteiger partial charge in [0, 0.05) is 55.2 Å². The number of hydrogen-bond acceptors (Lipinski definition) is 5. The monoisotopic (exact) mass is 754 g/mol. The molecule has 59 heavy (non-hydrogen) atoms. The van der Waals surface area contributed by atoms with Crippen LogP contribution < -0.4 is 0 Å². The van der Waals surface area contributed by atoms with E-state index < -0.39 is 0 Å². The lowest BCUT2D eigenvalue weighted by Gasteiger charge is -2.10. The third-order valence-electron chi connectivity index (χ3n) is 11.8. The van der Waals surface area contributed by atoms with Crippen LogP contribution in [0.25, 0.3) is 127 Å². The summed E-state index contributed by atoms with van der Waals surface area (Å²) >= 11 is 0. The van der Waals surface area contributed by atoms with Crippen LogP contribution in [0.2, 0.25) is 0 Å². The van der Waals surface area contributed by atoms with E-state index in [9.17, 15) is 0 Å². The van der Waals surface area contributed by atoms with Gasteiger partial charge >= 0.3 is 0 Å². The molecule has 0 saturated heterocycles. The van der Waals surface area contributed by atoms with Gasteiger partial charge < -0.3 is 13.4 Å². The molecule has 0 amide bonds. The number of para-hydroxylation sites is 3. The van der Waals surface area contributed by atoms with Gasteiger partial charge in [-0.05, 0) is 82.2 Å². The molecule has 0 saturated carbocycles. The predicted octanol–water partition coefficient (Wildman–Crippen LogP) is 14.1. The van der Waals surface area contributed by atoms with E-state index in [-0.39, 0.29) is 0 Å². The maximum atomic E-state index is 6.60. The van der Waals surface area contributed by atoms with E-state index in [2.05, 4.69) is 144 Å². The Balaban J connectivity index is 0.987. The van der Waals surface area contributed by atoms with Crippen molar-refractivity contribution in [2.75, 3.05) is 0 Å². The summed E-state index contributed by atoms with van der Waals surface area (Å²) in [5.74, 6) is 1.70. The molecule has 4 heterocycles. The molecule has 0 atom stereocenters. The predicted molar refractivity (Wildman–Crippen MR) is 240 cm³/mol. The van der Waals surface area contributed by atoms with Gasteiger partial charge in [-0.15, -0.1) is 0 Å². The molecular weight excluding hydrogens is 725 g/mol. The lowest BCUT2D eigenvalue weighted by atomic mass is 10.0. The van der Waals surface area contributed by atoms with Gasteiger partial charge in [-0.2, -0.15) is 0 Å². The lowest BCUT2D eigenvalue weighted by Crippen LogP contribution is -2.00. The molecule has 6 heteroatoms. The first-order valence-electron chi connectivity index (χ1n) is 19.8. The highest BCUT2D eigenvalue weighted by molar-refractivity contribution is 6.21. The van der Waals surface area contributed by atoms with Crippen LogP contribution in [0.5, 0.6) is 0 Å². The molecule has 0 unspecified atom stereocenters. The summed E-state index contributed by atoms with van der Waals surface area (Å²) in [5, 5.41) is 11.3. The van der Waals surface area contributed by atoms with E-state index in [1.165, 1.54) is 21.5 Å². The van der Waals surface area contributed by atoms with Crippen molar-refractivity contribution in [3.8, 4) is 39.9 Å². The van der Waals surface area contributed by atoms with Crippen molar-refractivity contribution < 1.29 is 8.83 Å². The average Bonchev–Trinajstić information content (AvgIpc) is 3.98. The number of furan rings is 2. The fourth-order valence-corrected chi connectivity index (χ4v) is 9.07. The minimum absolute atomic E-state index is 0.545. The Morgan fingerprint density at radius 2 is 1.02 bits per heavy atom. The fourth-order valence-electron chi connectivity index (χ4n) is 9.07. The van der Waals surface area contributed by atoms with E-state index in [4.69, 9.17) is 23.8 Å². The van der Waals surface area contributed by atoms with Crippen molar-refractivity contribution in [2.45, 2.75) is 0 Å². The molecule has 6 nitrogen and oxygen atoms in total. The summed E-state index contributed by atoms with van der Waals surface area (Å²) < 4.78 is 15.4. The number of fused-ring (bicyclic) bond motifs is 12. The Hall–Kier alpha value is -8.09. The van der Waals surface area contributed by atoms with E-state index >= 15 is 0 Å². The van der Waals surface area contributed by atoms with E-state index in [0.717, 1.165) is 88.1 Å². The zero-order valence-electron chi connectivity index (χ0n) is 31.4. The molecule has 0 aliphatic carbocycles. The number of nitrogens with zero attached hydrogens (tertiary/aromatic N) is 4. The molecule has 0 N–H and O–H groups in total. The first-order valence-corrected chi connectivity index (χ1v) is 19.8. The second-order valence-electron chi connectivity index (χ2n) is 15.2. The van der Waals surface area contributed by atoms with Crippen LogP contribution in [0.1, 0.15) is 0 Å². The zero-order chi connectivity index (χ0) is 38.6. The normalized spacial score (nSPS) is 12.1. The van der Waals surface area contributed by atoms with Gasteiger partial charge in [0.2, 0.25) is 0 Å². The van der Waals surface area contributed by atoms with Gasteiger partial charge in [0.25, 0.3) is 0 Å². The quantitative estimate of drug-likeness (QED) is 0.179. The topological polar surface area (TPSA) is 69.9 Å². The van der Waals surface area contributed by atoms with Gasteiger partial charge in [-0.1, -0.05) is 115 Å². The lowest BCUT2D eigenvalue weighted by molar-refractivity contribution is 0.668. The largest absolute Gasteiger partial charge is 0.456 e. The van der Waals surface area contributed by atoms with Crippen LogP contribution in [0.4, 0.5) is 0 Å². The summed E-state index contributed by atoms with van der Waals surface area (Å²) in [4.78, 5) is 15.4. The Labute approximate surface area is 336 Å². The Kier molecular flexibility index (Phi) is 6.63. The second kappa shape index (κ2) is 12.2. The average molecular weight is 755 g/mol. The maximum Gasteiger partial charge on any atom is 0.167 e. The van der Waals surface area contributed by atoms with E-state index in [1.54, 1.807) is 0 Å². The van der Waals surface area contributed by atoms with Crippen molar-refractivity contribution in [2.24, 2.45) is 0 Å². The molecule has 0 spiro atoms. The third-order valence-corrected chi connectivity index (χ3v) is 11.8. The van der Waals surface area contributed by atoms with E-state index in [1.807, 2.05) is 42.5 Å². The van der Waals surface area contributed by atoms with Crippen molar-refractivity contribution in [3.05, 3.63) is 182 Å². The molecule has 9 aromatic carbocycles. The van der Waals surface area contributed by atoms with Crippen LogP contribution in [0.3, 0.4) is 0 Å². The summed E-state index contributed by atoms with van der Waals surface area (Å²) in [7, 11) is 0. The number of rotatable bonds is 4. The van der Waals surface area contributed by atoms with Gasteiger partial charge in [0.1, 0.15) is 22.3 Å². The number of hydrogen-bond donors (Lipinski definition) is 0. The highest BCUT2D eigenvalue weighted by atomic mass is 16.3. The zero-order valence-corrected chi connectivity index (χ0v) is 31.4. The van der Waals surface area contributed by atoms with Gasteiger partial charge in [0.15, 0.2) is 17.5 Å². The van der Waals surface area contributed by atoms with E-state index in [0.29, 0.717) is 17.5 Å². The molecule has 0 radical (unpaired) electrons. The number of aromatic nitrogens is 4. The standard InChI is InChI=1S/C53H30N4O2/c1-2-12-33-28-34(21-20-31(33)10-1)51-54-52(56-53(55-51)42-17-9-16-40-38-14-6-8-19-46(38)59-50(40)42)35-23-27-47-43(29-35)39-25-24-36(30-48(39)58-47)57-44-18-7-5-15-41(44)49-37-13-4-3-11-32(37)22-26-45(49)57/h1-30H. The molecule has 4 aromatic heterocycles. The van der Waals surface area contributed by atoms with Gasteiger partial charge in [-0.3, -0.25) is 0 Å². The third kappa shape index (κ3) is 4.84. The first-order chi connectivity index (χ1) is 29.2. The summed E-state index contributed by atoms with van der Waals surface area (Å²) in [6, 6.07) is 63.3. The summed E-state index contributed by atoms with van der Waals surface area (Å²) in [6.45, 7) is 0. The van der Waals surface area contributed by atoms with Gasteiger partial charge in [0.05, 0.1) is 16.6 Å². The van der Waals surface area contributed by atoms with Crippen LogP contribution >= 0.6 is 0 Å². The number of benzene rings is 9. The Morgan fingerprint density at radius 1 is 0.356 bits per heavy atom. The smallest absolute Gasteiger partial charge is 0.167 e. The molecule has 13 aromatic rings.